The summed E-state index contributed by atoms with van der Waals surface area (Å²) in [4.78, 5) is 22.8. The van der Waals surface area contributed by atoms with Crippen molar-refractivity contribution in [3.8, 4) is 0 Å². The Bertz CT molecular complexity index is 779. The number of halogens is 3. The zero-order valence-corrected chi connectivity index (χ0v) is 13.0. The highest BCUT2D eigenvalue weighted by molar-refractivity contribution is 5.91. The van der Waals surface area contributed by atoms with Crippen molar-refractivity contribution in [3.63, 3.8) is 0 Å². The van der Waals surface area contributed by atoms with Crippen molar-refractivity contribution in [1.82, 2.24) is 5.32 Å². The molecule has 0 spiro atoms. The molecule has 1 heterocycles. The van der Waals surface area contributed by atoms with E-state index in [1.807, 2.05) is 25.2 Å². The number of alkyl halides is 3. The van der Waals surface area contributed by atoms with Gasteiger partial charge in [0.2, 0.25) is 5.91 Å². The lowest BCUT2D eigenvalue weighted by Gasteiger charge is -2.16. The molecule has 0 aliphatic heterocycles. The van der Waals surface area contributed by atoms with Crippen molar-refractivity contribution in [3.05, 3.63) is 35.1 Å². The lowest BCUT2D eigenvalue weighted by molar-refractivity contribution is -0.159. The number of rotatable bonds is 5. The molecular formula is C16H16F3NO4. The van der Waals surface area contributed by atoms with E-state index in [-0.39, 0.29) is 6.42 Å². The number of aliphatic carboxylic acids is 1. The third kappa shape index (κ3) is 4.06. The standard InChI is InChI=1S/C16H16F3NO4/c1-8-3-4-11-10(7-24-14(11)9(8)2)5-13(21)20-12(15(22)23)6-16(17,18)19/h3-4,7,12H,5-6H2,1-2H3,(H,20,21)(H,22,23). The summed E-state index contributed by atoms with van der Waals surface area (Å²) < 4.78 is 42.5. The maximum atomic E-state index is 12.4. The lowest BCUT2D eigenvalue weighted by Crippen LogP contribution is -2.44. The minimum Gasteiger partial charge on any atom is -0.480 e. The van der Waals surface area contributed by atoms with Crippen LogP contribution in [0.2, 0.25) is 0 Å². The number of hydrogen-bond acceptors (Lipinski definition) is 3. The van der Waals surface area contributed by atoms with Gasteiger partial charge in [-0.25, -0.2) is 4.79 Å². The van der Waals surface area contributed by atoms with Gasteiger partial charge in [-0.3, -0.25) is 4.79 Å². The molecule has 0 aliphatic rings. The molecule has 0 saturated carbocycles. The van der Waals surface area contributed by atoms with Crippen LogP contribution in [0.15, 0.2) is 22.8 Å². The number of carboxylic acids is 1. The third-order valence-corrected chi connectivity index (χ3v) is 3.76. The minimum absolute atomic E-state index is 0.267. The first-order valence-electron chi connectivity index (χ1n) is 7.13. The largest absolute Gasteiger partial charge is 0.480 e. The monoisotopic (exact) mass is 343 g/mol. The molecule has 5 nitrogen and oxygen atoms in total. The van der Waals surface area contributed by atoms with Crippen LogP contribution in [0.4, 0.5) is 13.2 Å². The summed E-state index contributed by atoms with van der Waals surface area (Å²) in [6, 6.07) is 1.59. The first-order chi connectivity index (χ1) is 11.1. The fourth-order valence-corrected chi connectivity index (χ4v) is 2.38. The lowest BCUT2D eigenvalue weighted by atomic mass is 10.0. The number of fused-ring (bicyclic) bond motifs is 1. The highest BCUT2D eigenvalue weighted by Crippen LogP contribution is 2.27. The van der Waals surface area contributed by atoms with E-state index in [1.165, 1.54) is 6.26 Å². The normalized spacial score (nSPS) is 13.0. The SMILES string of the molecule is Cc1ccc2c(CC(=O)NC(CC(F)(F)F)C(=O)O)coc2c1C. The van der Waals surface area contributed by atoms with E-state index in [9.17, 15) is 22.8 Å². The van der Waals surface area contributed by atoms with Crippen molar-refractivity contribution in [2.75, 3.05) is 0 Å². The second-order valence-electron chi connectivity index (χ2n) is 5.60. The number of furan rings is 1. The van der Waals surface area contributed by atoms with Crippen LogP contribution in [-0.2, 0) is 16.0 Å². The summed E-state index contributed by atoms with van der Waals surface area (Å²) >= 11 is 0. The zero-order chi connectivity index (χ0) is 18.1. The van der Waals surface area contributed by atoms with Crippen molar-refractivity contribution in [2.24, 2.45) is 0 Å². The van der Waals surface area contributed by atoms with E-state index in [1.54, 1.807) is 6.07 Å². The van der Waals surface area contributed by atoms with Crippen LogP contribution in [0.1, 0.15) is 23.1 Å². The maximum Gasteiger partial charge on any atom is 0.391 e. The molecular weight excluding hydrogens is 327 g/mol. The first kappa shape index (κ1) is 17.8. The number of carbonyl (C=O) groups excluding carboxylic acids is 1. The summed E-state index contributed by atoms with van der Waals surface area (Å²) in [5.74, 6) is -2.54. The Morgan fingerprint density at radius 2 is 1.96 bits per heavy atom. The maximum absolute atomic E-state index is 12.4. The van der Waals surface area contributed by atoms with E-state index in [4.69, 9.17) is 9.52 Å². The molecule has 1 amide bonds. The molecule has 2 aromatic rings. The van der Waals surface area contributed by atoms with Crippen molar-refractivity contribution < 1.29 is 32.3 Å². The van der Waals surface area contributed by atoms with Gasteiger partial charge >= 0.3 is 12.1 Å². The number of amides is 1. The Kier molecular flexibility index (Phi) is 4.86. The van der Waals surface area contributed by atoms with Gasteiger partial charge in [0.05, 0.1) is 19.1 Å². The molecule has 0 fully saturated rings. The predicted molar refractivity (Wildman–Crippen MR) is 79.6 cm³/mol. The molecule has 0 radical (unpaired) electrons. The Morgan fingerprint density at radius 3 is 2.54 bits per heavy atom. The highest BCUT2D eigenvalue weighted by atomic mass is 19.4. The number of carbonyl (C=O) groups is 2. The average Bonchev–Trinajstić information content (AvgIpc) is 2.84. The summed E-state index contributed by atoms with van der Waals surface area (Å²) in [6.07, 6.45) is -5.22. The van der Waals surface area contributed by atoms with E-state index < -0.39 is 30.5 Å². The smallest absolute Gasteiger partial charge is 0.391 e. The minimum atomic E-state index is -4.69. The Labute approximate surface area is 135 Å². The molecule has 130 valence electrons. The molecule has 0 bridgehead atoms. The summed E-state index contributed by atoms with van der Waals surface area (Å²) in [5, 5.41) is 11.4. The van der Waals surface area contributed by atoms with Gasteiger partial charge in [-0.1, -0.05) is 12.1 Å². The van der Waals surface area contributed by atoms with E-state index in [2.05, 4.69) is 0 Å². The van der Waals surface area contributed by atoms with Gasteiger partial charge in [-0.2, -0.15) is 13.2 Å². The van der Waals surface area contributed by atoms with Crippen LogP contribution in [0.25, 0.3) is 11.0 Å². The molecule has 0 saturated heterocycles. The fourth-order valence-electron chi connectivity index (χ4n) is 2.38. The number of nitrogens with one attached hydrogen (secondary N) is 1. The van der Waals surface area contributed by atoms with Crippen LogP contribution >= 0.6 is 0 Å². The predicted octanol–water partition coefficient (Wildman–Crippen LogP) is 3.11. The molecule has 1 aromatic carbocycles. The zero-order valence-electron chi connectivity index (χ0n) is 13.0. The van der Waals surface area contributed by atoms with Crippen LogP contribution in [0, 0.1) is 13.8 Å². The van der Waals surface area contributed by atoms with Gasteiger partial charge in [0.1, 0.15) is 11.6 Å². The van der Waals surface area contributed by atoms with Gasteiger partial charge in [-0.15, -0.1) is 0 Å². The van der Waals surface area contributed by atoms with Crippen molar-refractivity contribution in [1.29, 1.82) is 0 Å². The summed E-state index contributed by atoms with van der Waals surface area (Å²) in [7, 11) is 0. The van der Waals surface area contributed by atoms with Gasteiger partial charge < -0.3 is 14.8 Å². The molecule has 24 heavy (non-hydrogen) atoms. The van der Waals surface area contributed by atoms with Crippen molar-refractivity contribution >= 4 is 22.8 Å². The van der Waals surface area contributed by atoms with Gasteiger partial charge in [0, 0.05) is 10.9 Å². The molecule has 2 N–H and O–H groups in total. The van der Waals surface area contributed by atoms with E-state index in [0.29, 0.717) is 16.5 Å². The number of benzene rings is 1. The molecule has 0 aliphatic carbocycles. The molecule has 1 unspecified atom stereocenters. The Morgan fingerprint density at radius 1 is 1.29 bits per heavy atom. The highest BCUT2D eigenvalue weighted by Gasteiger charge is 2.36. The summed E-state index contributed by atoms with van der Waals surface area (Å²) in [6.45, 7) is 3.76. The number of carboxylic acid groups (broad SMARTS) is 1. The Hall–Kier alpha value is -2.51. The van der Waals surface area contributed by atoms with Crippen LogP contribution in [0.5, 0.6) is 0 Å². The quantitative estimate of drug-likeness (QED) is 0.874. The fraction of sp³-hybridized carbons (Fsp3) is 0.375. The third-order valence-electron chi connectivity index (χ3n) is 3.76. The molecule has 1 aromatic heterocycles. The van der Waals surface area contributed by atoms with Gasteiger partial charge in [-0.05, 0) is 25.0 Å². The van der Waals surface area contributed by atoms with Gasteiger partial charge in [0.15, 0.2) is 0 Å². The van der Waals surface area contributed by atoms with E-state index in [0.717, 1.165) is 11.1 Å². The van der Waals surface area contributed by atoms with Crippen molar-refractivity contribution in [2.45, 2.75) is 38.9 Å². The van der Waals surface area contributed by atoms with Crippen LogP contribution in [0.3, 0.4) is 0 Å². The van der Waals surface area contributed by atoms with Gasteiger partial charge in [0.25, 0.3) is 0 Å². The molecule has 2 rings (SSSR count). The second kappa shape index (κ2) is 6.54. The number of hydrogen-bond donors (Lipinski definition) is 2. The first-order valence-corrected chi connectivity index (χ1v) is 7.13. The topological polar surface area (TPSA) is 79.5 Å². The summed E-state index contributed by atoms with van der Waals surface area (Å²) in [5.41, 5.74) is 2.99. The molecule has 1 atom stereocenters. The van der Waals surface area contributed by atoms with Crippen LogP contribution < -0.4 is 5.32 Å². The van der Waals surface area contributed by atoms with E-state index >= 15 is 0 Å². The van der Waals surface area contributed by atoms with Crippen LogP contribution in [-0.4, -0.2) is 29.2 Å². The average molecular weight is 343 g/mol. The molecule has 8 heteroatoms. The number of aryl methyl sites for hydroxylation is 2. The second-order valence-corrected chi connectivity index (χ2v) is 5.60. The Balaban J connectivity index is 2.15.